The van der Waals surface area contributed by atoms with Gasteiger partial charge in [0.15, 0.2) is 0 Å². The summed E-state index contributed by atoms with van der Waals surface area (Å²) >= 11 is 0. The van der Waals surface area contributed by atoms with E-state index in [-0.39, 0.29) is 11.3 Å². The summed E-state index contributed by atoms with van der Waals surface area (Å²) in [4.78, 5) is 15.0. The van der Waals surface area contributed by atoms with Crippen molar-refractivity contribution in [2.24, 2.45) is 5.41 Å². The molecule has 1 spiro atoms. The number of hydrogen-bond acceptors (Lipinski definition) is 3. The molecule has 0 aromatic heterocycles. The van der Waals surface area contributed by atoms with Crippen LogP contribution in [0.2, 0.25) is 0 Å². The number of nitrogens with zero attached hydrogens (tertiary/aromatic N) is 1. The van der Waals surface area contributed by atoms with Crippen molar-refractivity contribution in [1.82, 2.24) is 4.90 Å². The lowest BCUT2D eigenvalue weighted by Crippen LogP contribution is -2.48. The molecule has 126 valence electrons. The van der Waals surface area contributed by atoms with Crippen molar-refractivity contribution in [2.75, 3.05) is 33.4 Å². The molecule has 0 unspecified atom stereocenters. The third-order valence-corrected chi connectivity index (χ3v) is 5.41. The highest BCUT2D eigenvalue weighted by molar-refractivity contribution is 5.95. The van der Waals surface area contributed by atoms with E-state index in [0.717, 1.165) is 68.0 Å². The molecule has 1 aromatic carbocycles. The molecule has 4 heteroatoms. The van der Waals surface area contributed by atoms with Crippen LogP contribution < -0.4 is 4.74 Å². The van der Waals surface area contributed by atoms with Crippen LogP contribution in [0.5, 0.6) is 5.75 Å². The number of likely N-dealkylation sites (tertiary alicyclic amines) is 1. The van der Waals surface area contributed by atoms with Gasteiger partial charge in [0.2, 0.25) is 0 Å². The Labute approximate surface area is 138 Å². The summed E-state index contributed by atoms with van der Waals surface area (Å²) in [6.07, 6.45) is 4.48. The Bertz CT molecular complexity index is 562. The first-order valence-corrected chi connectivity index (χ1v) is 8.57. The summed E-state index contributed by atoms with van der Waals surface area (Å²) < 4.78 is 10.9. The molecule has 2 aliphatic rings. The number of amides is 1. The number of benzene rings is 1. The molecule has 0 radical (unpaired) electrons. The molecule has 3 rings (SSSR count). The fourth-order valence-electron chi connectivity index (χ4n) is 4.17. The molecule has 0 atom stereocenters. The van der Waals surface area contributed by atoms with Gasteiger partial charge in [-0.1, -0.05) is 0 Å². The standard InChI is InChI=1S/C19H27NO3/c1-14-11-16(12-15(2)17(14)22-3)18(21)20-8-4-5-19(13-20)6-9-23-10-7-19/h11-12H,4-10,13H2,1-3H3. The Morgan fingerprint density at radius 2 is 1.83 bits per heavy atom. The smallest absolute Gasteiger partial charge is 0.253 e. The summed E-state index contributed by atoms with van der Waals surface area (Å²) in [7, 11) is 1.68. The Morgan fingerprint density at radius 3 is 2.43 bits per heavy atom. The van der Waals surface area contributed by atoms with Crippen LogP contribution in [0.25, 0.3) is 0 Å². The lowest BCUT2D eigenvalue weighted by atomic mass is 9.74. The lowest BCUT2D eigenvalue weighted by molar-refractivity contribution is -0.0229. The molecular formula is C19H27NO3. The highest BCUT2D eigenvalue weighted by Gasteiger charge is 2.38. The van der Waals surface area contributed by atoms with E-state index < -0.39 is 0 Å². The van der Waals surface area contributed by atoms with E-state index in [0.29, 0.717) is 0 Å². The lowest BCUT2D eigenvalue weighted by Gasteiger charge is -2.45. The molecule has 1 amide bonds. The summed E-state index contributed by atoms with van der Waals surface area (Å²) in [5.74, 6) is 1.03. The van der Waals surface area contributed by atoms with Crippen molar-refractivity contribution in [3.05, 3.63) is 28.8 Å². The van der Waals surface area contributed by atoms with Crippen LogP contribution in [0.1, 0.15) is 47.2 Å². The van der Waals surface area contributed by atoms with Crippen LogP contribution in [0, 0.1) is 19.3 Å². The largest absolute Gasteiger partial charge is 0.496 e. The molecule has 1 aromatic rings. The summed E-state index contributed by atoms with van der Waals surface area (Å²) in [5.41, 5.74) is 3.11. The molecule has 0 saturated carbocycles. The third kappa shape index (κ3) is 3.23. The number of rotatable bonds is 2. The van der Waals surface area contributed by atoms with Crippen molar-refractivity contribution in [3.8, 4) is 5.75 Å². The van der Waals surface area contributed by atoms with Gasteiger partial charge in [0.1, 0.15) is 5.75 Å². The minimum Gasteiger partial charge on any atom is -0.496 e. The Kier molecular flexibility index (Phi) is 4.62. The molecular weight excluding hydrogens is 290 g/mol. The number of hydrogen-bond donors (Lipinski definition) is 0. The fraction of sp³-hybridized carbons (Fsp3) is 0.632. The zero-order valence-electron chi connectivity index (χ0n) is 14.5. The van der Waals surface area contributed by atoms with Crippen LogP contribution in [0.15, 0.2) is 12.1 Å². The molecule has 2 saturated heterocycles. The zero-order valence-corrected chi connectivity index (χ0v) is 14.5. The maximum atomic E-state index is 13.0. The maximum Gasteiger partial charge on any atom is 0.253 e. The number of carbonyl (C=O) groups is 1. The van der Waals surface area contributed by atoms with Crippen LogP contribution >= 0.6 is 0 Å². The third-order valence-electron chi connectivity index (χ3n) is 5.41. The van der Waals surface area contributed by atoms with E-state index in [1.807, 2.05) is 26.0 Å². The van der Waals surface area contributed by atoms with Gasteiger partial charge >= 0.3 is 0 Å². The first-order chi connectivity index (χ1) is 11.0. The second-order valence-electron chi connectivity index (χ2n) is 7.09. The molecule has 0 N–H and O–H groups in total. The highest BCUT2D eigenvalue weighted by atomic mass is 16.5. The van der Waals surface area contributed by atoms with Crippen molar-refractivity contribution < 1.29 is 14.3 Å². The Morgan fingerprint density at radius 1 is 1.17 bits per heavy atom. The molecule has 23 heavy (non-hydrogen) atoms. The van der Waals surface area contributed by atoms with Crippen LogP contribution in [0.4, 0.5) is 0 Å². The van der Waals surface area contributed by atoms with Gasteiger partial charge in [-0.15, -0.1) is 0 Å². The van der Waals surface area contributed by atoms with E-state index in [2.05, 4.69) is 4.90 Å². The molecule has 2 fully saturated rings. The molecule has 2 aliphatic heterocycles. The normalized spacial score (nSPS) is 20.6. The average Bonchev–Trinajstić information content (AvgIpc) is 2.54. The minimum atomic E-state index is 0.157. The van der Waals surface area contributed by atoms with E-state index in [1.165, 1.54) is 6.42 Å². The monoisotopic (exact) mass is 317 g/mol. The topological polar surface area (TPSA) is 38.8 Å². The summed E-state index contributed by atoms with van der Waals surface area (Å²) in [5, 5.41) is 0. The predicted molar refractivity (Wildman–Crippen MR) is 90.1 cm³/mol. The molecule has 0 bridgehead atoms. The number of ether oxygens (including phenoxy) is 2. The van der Waals surface area contributed by atoms with Crippen LogP contribution in [-0.4, -0.2) is 44.2 Å². The van der Waals surface area contributed by atoms with Crippen molar-refractivity contribution >= 4 is 5.91 Å². The van der Waals surface area contributed by atoms with Crippen molar-refractivity contribution in [1.29, 1.82) is 0 Å². The quantitative estimate of drug-likeness (QED) is 0.840. The minimum absolute atomic E-state index is 0.157. The fourth-order valence-corrected chi connectivity index (χ4v) is 4.17. The summed E-state index contributed by atoms with van der Waals surface area (Å²) in [6.45, 7) is 7.41. The van der Waals surface area contributed by atoms with Gasteiger partial charge in [-0.3, -0.25) is 4.79 Å². The highest BCUT2D eigenvalue weighted by Crippen LogP contribution is 2.39. The first kappa shape index (κ1) is 16.3. The molecule has 2 heterocycles. The van der Waals surface area contributed by atoms with Gasteiger partial charge in [-0.2, -0.15) is 0 Å². The van der Waals surface area contributed by atoms with Gasteiger partial charge in [0, 0.05) is 31.9 Å². The van der Waals surface area contributed by atoms with E-state index in [4.69, 9.17) is 9.47 Å². The number of aryl methyl sites for hydroxylation is 2. The van der Waals surface area contributed by atoms with Crippen molar-refractivity contribution in [3.63, 3.8) is 0 Å². The van der Waals surface area contributed by atoms with Crippen LogP contribution in [0.3, 0.4) is 0 Å². The predicted octanol–water partition coefficient (Wildman–Crippen LogP) is 3.34. The number of piperidine rings is 1. The van der Waals surface area contributed by atoms with Gasteiger partial charge < -0.3 is 14.4 Å². The van der Waals surface area contributed by atoms with Gasteiger partial charge in [0.25, 0.3) is 5.91 Å². The average molecular weight is 317 g/mol. The zero-order chi connectivity index (χ0) is 16.4. The first-order valence-electron chi connectivity index (χ1n) is 8.57. The SMILES string of the molecule is COc1c(C)cc(C(=O)N2CCCC3(CCOCC3)C2)cc1C. The second-order valence-corrected chi connectivity index (χ2v) is 7.09. The Balaban J connectivity index is 1.80. The van der Waals surface area contributed by atoms with E-state index in [9.17, 15) is 4.79 Å². The van der Waals surface area contributed by atoms with Crippen molar-refractivity contribution in [2.45, 2.75) is 39.5 Å². The van der Waals surface area contributed by atoms with E-state index >= 15 is 0 Å². The second kappa shape index (κ2) is 6.52. The maximum absolute atomic E-state index is 13.0. The summed E-state index contributed by atoms with van der Waals surface area (Å²) in [6, 6.07) is 3.92. The number of methoxy groups -OCH3 is 1. The molecule has 0 aliphatic carbocycles. The van der Waals surface area contributed by atoms with E-state index in [1.54, 1.807) is 7.11 Å². The molecule has 4 nitrogen and oxygen atoms in total. The van der Waals surface area contributed by atoms with Crippen LogP contribution in [-0.2, 0) is 4.74 Å². The van der Waals surface area contributed by atoms with Gasteiger partial charge in [-0.25, -0.2) is 0 Å². The number of carbonyl (C=O) groups excluding carboxylic acids is 1. The Hall–Kier alpha value is -1.55. The van der Waals surface area contributed by atoms with Gasteiger partial charge in [-0.05, 0) is 68.2 Å². The van der Waals surface area contributed by atoms with Gasteiger partial charge in [0.05, 0.1) is 7.11 Å².